The highest BCUT2D eigenvalue weighted by molar-refractivity contribution is 6.03. The zero-order valence-electron chi connectivity index (χ0n) is 21.8. The van der Waals surface area contributed by atoms with Gasteiger partial charge < -0.3 is 25.4 Å². The number of aliphatic carboxylic acids is 1. The summed E-state index contributed by atoms with van der Waals surface area (Å²) in [5.41, 5.74) is 3.52. The van der Waals surface area contributed by atoms with Crippen LogP contribution in [0.3, 0.4) is 0 Å². The number of pyridine rings is 2. The summed E-state index contributed by atoms with van der Waals surface area (Å²) in [4.78, 5) is 35.1. The van der Waals surface area contributed by atoms with E-state index in [2.05, 4.69) is 50.5 Å². The first kappa shape index (κ1) is 27.9. The first-order chi connectivity index (χ1) is 18.3. The summed E-state index contributed by atoms with van der Waals surface area (Å²) in [6.07, 6.45) is -0.802. The molecule has 2 aliphatic heterocycles. The number of carbonyl (C=O) groups is 2. The van der Waals surface area contributed by atoms with Gasteiger partial charge in [0, 0.05) is 55.2 Å². The van der Waals surface area contributed by atoms with Crippen LogP contribution in [0, 0.1) is 6.92 Å². The maximum absolute atomic E-state index is 13.2. The molecule has 0 spiro atoms. The van der Waals surface area contributed by atoms with E-state index in [1.165, 1.54) is 0 Å². The molecule has 5 rings (SSSR count). The van der Waals surface area contributed by atoms with Crippen molar-refractivity contribution in [3.63, 3.8) is 0 Å². The minimum absolute atomic E-state index is 0.0407. The van der Waals surface area contributed by atoms with Crippen LogP contribution in [0.2, 0.25) is 0 Å². The smallest absolute Gasteiger partial charge is 0.490 e. The monoisotopic (exact) mass is 550 g/mol. The molecule has 0 radical (unpaired) electrons. The van der Waals surface area contributed by atoms with Crippen molar-refractivity contribution < 1.29 is 32.6 Å². The van der Waals surface area contributed by atoms with Gasteiger partial charge in [0.1, 0.15) is 23.1 Å². The standard InChI is InChI=1S/C22H28N8O2.C2HF3O2/c1-14-25-19-11-18(32-4)16(12-30(19)27-14)26-21(31)29-9-6-15-17(5-7-23-20(15)29)28-10-8-24-22(2,3)13-28;3-2(4,5)1(6)7/h5,7,11-12,24H,6,8-10,13H2,1-4H3,(H,26,31);(H,6,7). The summed E-state index contributed by atoms with van der Waals surface area (Å²) < 4.78 is 38.8. The molecule has 0 atom stereocenters. The SMILES string of the molecule is COc1cc2nc(C)nn2cc1NC(=O)N1CCc2c(N3CCNC(C)(C)C3)ccnc21.O=C(O)C(F)(F)F. The maximum Gasteiger partial charge on any atom is 0.490 e. The number of carbonyl (C=O) groups excluding carboxylic acids is 1. The lowest BCUT2D eigenvalue weighted by molar-refractivity contribution is -0.192. The van der Waals surface area contributed by atoms with Gasteiger partial charge in [-0.05, 0) is 33.3 Å². The molecular formula is C24H29F3N8O4. The first-order valence-electron chi connectivity index (χ1n) is 12.1. The average Bonchev–Trinajstić information content (AvgIpc) is 3.44. The van der Waals surface area contributed by atoms with E-state index < -0.39 is 12.1 Å². The Hall–Kier alpha value is -4.14. The van der Waals surface area contributed by atoms with Crippen LogP contribution in [0.5, 0.6) is 5.75 Å². The third kappa shape index (κ3) is 6.13. The second-order valence-corrected chi connectivity index (χ2v) is 9.72. The number of methoxy groups -OCH3 is 1. The Bertz CT molecular complexity index is 1390. The molecule has 3 N–H and O–H groups in total. The normalized spacial score (nSPS) is 16.4. The molecule has 2 amide bonds. The Morgan fingerprint density at radius 3 is 2.62 bits per heavy atom. The van der Waals surface area contributed by atoms with E-state index in [0.29, 0.717) is 35.3 Å². The Morgan fingerprint density at radius 2 is 1.97 bits per heavy atom. The number of rotatable bonds is 3. The van der Waals surface area contributed by atoms with Gasteiger partial charge in [-0.2, -0.15) is 18.3 Å². The number of fused-ring (bicyclic) bond motifs is 2. The van der Waals surface area contributed by atoms with Crippen LogP contribution in [0.4, 0.5) is 35.2 Å². The van der Waals surface area contributed by atoms with Crippen molar-refractivity contribution in [3.05, 3.63) is 35.9 Å². The number of alkyl halides is 3. The molecule has 0 unspecified atom stereocenters. The molecule has 1 fully saturated rings. The average molecular weight is 551 g/mol. The fourth-order valence-electron chi connectivity index (χ4n) is 4.58. The topological polar surface area (TPSA) is 137 Å². The highest BCUT2D eigenvalue weighted by Gasteiger charge is 2.38. The molecule has 5 heterocycles. The first-order valence-corrected chi connectivity index (χ1v) is 12.1. The predicted octanol–water partition coefficient (Wildman–Crippen LogP) is 2.86. The van der Waals surface area contributed by atoms with E-state index in [9.17, 15) is 18.0 Å². The van der Waals surface area contributed by atoms with Gasteiger partial charge in [-0.1, -0.05) is 0 Å². The van der Waals surface area contributed by atoms with E-state index >= 15 is 0 Å². The van der Waals surface area contributed by atoms with Crippen LogP contribution in [-0.4, -0.2) is 81.7 Å². The molecule has 15 heteroatoms. The van der Waals surface area contributed by atoms with Crippen LogP contribution >= 0.6 is 0 Å². The number of nitrogens with one attached hydrogen (secondary N) is 2. The molecule has 12 nitrogen and oxygen atoms in total. The van der Waals surface area contributed by atoms with Gasteiger partial charge >= 0.3 is 18.2 Å². The Balaban J connectivity index is 0.000000448. The molecule has 3 aromatic rings. The van der Waals surface area contributed by atoms with Crippen LogP contribution in [0.15, 0.2) is 24.5 Å². The summed E-state index contributed by atoms with van der Waals surface area (Å²) >= 11 is 0. The number of nitrogens with zero attached hydrogens (tertiary/aromatic N) is 6. The van der Waals surface area contributed by atoms with Crippen molar-refractivity contribution in [1.29, 1.82) is 0 Å². The van der Waals surface area contributed by atoms with Crippen molar-refractivity contribution in [2.24, 2.45) is 0 Å². The second kappa shape index (κ2) is 10.6. The zero-order chi connectivity index (χ0) is 28.5. The number of carboxylic acids is 1. The number of piperazine rings is 1. The van der Waals surface area contributed by atoms with E-state index in [1.807, 2.05) is 6.92 Å². The summed E-state index contributed by atoms with van der Waals surface area (Å²) in [7, 11) is 1.57. The van der Waals surface area contributed by atoms with E-state index in [-0.39, 0.29) is 11.6 Å². The number of aromatic nitrogens is 4. The number of hydrogen-bond acceptors (Lipinski definition) is 8. The van der Waals surface area contributed by atoms with Gasteiger partial charge in [-0.3, -0.25) is 4.90 Å². The number of ether oxygens (including phenoxy) is 1. The molecule has 0 saturated carbocycles. The van der Waals surface area contributed by atoms with Crippen LogP contribution in [-0.2, 0) is 11.2 Å². The highest BCUT2D eigenvalue weighted by Crippen LogP contribution is 2.35. The Kier molecular flexibility index (Phi) is 7.54. The van der Waals surface area contributed by atoms with Gasteiger partial charge in [0.25, 0.3) is 0 Å². The van der Waals surface area contributed by atoms with E-state index in [4.69, 9.17) is 14.6 Å². The summed E-state index contributed by atoms with van der Waals surface area (Å²) in [6, 6.07) is 3.57. The molecule has 3 aromatic heterocycles. The van der Waals surface area contributed by atoms with Gasteiger partial charge in [0.2, 0.25) is 0 Å². The largest absolute Gasteiger partial charge is 0.494 e. The number of hydrogen-bond donors (Lipinski definition) is 3. The van der Waals surface area contributed by atoms with E-state index in [1.54, 1.807) is 35.0 Å². The summed E-state index contributed by atoms with van der Waals surface area (Å²) in [5.74, 6) is -0.861. The minimum atomic E-state index is -5.08. The maximum atomic E-state index is 13.2. The minimum Gasteiger partial charge on any atom is -0.494 e. The van der Waals surface area contributed by atoms with Gasteiger partial charge in [-0.15, -0.1) is 0 Å². The van der Waals surface area contributed by atoms with Crippen molar-refractivity contribution in [1.82, 2.24) is 24.9 Å². The quantitative estimate of drug-likeness (QED) is 0.450. The van der Waals surface area contributed by atoms with Gasteiger partial charge in [-0.25, -0.2) is 24.1 Å². The molecule has 39 heavy (non-hydrogen) atoms. The lowest BCUT2D eigenvalue weighted by atomic mass is 10.0. The van der Waals surface area contributed by atoms with Crippen molar-refractivity contribution in [2.45, 2.75) is 38.9 Å². The van der Waals surface area contributed by atoms with E-state index in [0.717, 1.165) is 37.3 Å². The highest BCUT2D eigenvalue weighted by atomic mass is 19.4. The van der Waals surface area contributed by atoms with Gasteiger partial charge in [0.05, 0.1) is 13.3 Å². The number of carboxylic acid groups (broad SMARTS) is 1. The fourth-order valence-corrected chi connectivity index (χ4v) is 4.58. The Labute approximate surface area is 221 Å². The molecule has 2 aliphatic rings. The fraction of sp³-hybridized carbons (Fsp3) is 0.458. The number of aryl methyl sites for hydroxylation is 1. The molecule has 1 saturated heterocycles. The molecule has 210 valence electrons. The third-order valence-corrected chi connectivity index (χ3v) is 6.25. The molecule has 0 bridgehead atoms. The lowest BCUT2D eigenvalue weighted by Crippen LogP contribution is -2.57. The summed E-state index contributed by atoms with van der Waals surface area (Å²) in [6.45, 7) is 9.58. The number of urea groups is 1. The third-order valence-electron chi connectivity index (χ3n) is 6.25. The van der Waals surface area contributed by atoms with Crippen LogP contribution in [0.1, 0.15) is 25.2 Å². The summed E-state index contributed by atoms with van der Waals surface area (Å²) in [5, 5.41) is 18.0. The van der Waals surface area contributed by atoms with Crippen molar-refractivity contribution in [2.75, 3.05) is 48.4 Å². The number of halogens is 3. The molecule has 0 aliphatic carbocycles. The number of anilines is 3. The van der Waals surface area contributed by atoms with Crippen LogP contribution in [0.25, 0.3) is 5.65 Å². The molecule has 0 aromatic carbocycles. The zero-order valence-corrected chi connectivity index (χ0v) is 21.8. The Morgan fingerprint density at radius 1 is 1.26 bits per heavy atom. The second-order valence-electron chi connectivity index (χ2n) is 9.72. The van der Waals surface area contributed by atoms with Crippen molar-refractivity contribution in [3.8, 4) is 5.75 Å². The lowest BCUT2D eigenvalue weighted by Gasteiger charge is -2.41. The molecular weight excluding hydrogens is 521 g/mol. The van der Waals surface area contributed by atoms with Crippen molar-refractivity contribution >= 4 is 34.8 Å². The van der Waals surface area contributed by atoms with Gasteiger partial charge in [0.15, 0.2) is 5.65 Å². The van der Waals surface area contributed by atoms with Crippen LogP contribution < -0.4 is 25.2 Å². The predicted molar refractivity (Wildman–Crippen MR) is 137 cm³/mol. The number of amides is 2.